The van der Waals surface area contributed by atoms with Gasteiger partial charge in [0.15, 0.2) is 11.6 Å². The second-order valence-electron chi connectivity index (χ2n) is 25.3. The van der Waals surface area contributed by atoms with Crippen molar-refractivity contribution in [1.29, 1.82) is 0 Å². The Hall–Kier alpha value is -5.73. The van der Waals surface area contributed by atoms with E-state index in [0.717, 1.165) is 9.80 Å². The molecule has 0 aliphatic carbocycles. The van der Waals surface area contributed by atoms with E-state index in [1.165, 1.54) is 87.7 Å². The van der Waals surface area contributed by atoms with E-state index in [2.05, 4.69) is 10.6 Å². The summed E-state index contributed by atoms with van der Waals surface area (Å²) in [5.41, 5.74) is 0. The SMILES string of the molecule is C/C=C/C[C@@H](C)[C@@H](O)[C@H]1C(=O)N[C@@H](CC)C(=O)N(C)CC(=O)N(C)[C@@H](C)C(=O)C[C@@H](C(C)C)C(=O)N(C)[C@@H](CC(C)C)C(=O)C[C@@H](C)C(=O)N[C@H](C)C(=O)N(C)[C@@H](CC(C)C)C(=O)N(C)[C@@H](CC(C)C)C(=O)N(C)[C@@H](C(C)C)C(=O)N1C. The first-order valence-corrected chi connectivity index (χ1v) is 29.6. The number of aliphatic hydroxyl groups excluding tert-OH is 1. The Morgan fingerprint density at radius 1 is 0.524 bits per heavy atom. The van der Waals surface area contributed by atoms with E-state index >= 15 is 9.59 Å². The van der Waals surface area contributed by atoms with E-state index in [4.69, 9.17) is 0 Å². The number of nitrogens with one attached hydrogen (secondary N) is 2. The van der Waals surface area contributed by atoms with Crippen molar-refractivity contribution in [2.24, 2.45) is 47.3 Å². The second kappa shape index (κ2) is 33.5. The second-order valence-corrected chi connectivity index (χ2v) is 25.3. The summed E-state index contributed by atoms with van der Waals surface area (Å²) in [6, 6.07) is -9.54. The lowest BCUT2D eigenvalue weighted by Gasteiger charge is -2.41. The van der Waals surface area contributed by atoms with Gasteiger partial charge in [0.05, 0.1) is 24.7 Å². The molecule has 3 N–H and O–H groups in total. The van der Waals surface area contributed by atoms with Crippen molar-refractivity contribution < 1.29 is 57.8 Å². The molecule has 0 saturated carbocycles. The van der Waals surface area contributed by atoms with Crippen molar-refractivity contribution in [2.45, 2.75) is 210 Å². The number of amides is 9. The lowest BCUT2D eigenvalue weighted by Crippen LogP contribution is -2.63. The van der Waals surface area contributed by atoms with Gasteiger partial charge in [-0.3, -0.25) is 52.7 Å². The summed E-state index contributed by atoms with van der Waals surface area (Å²) in [4.78, 5) is 167. The molecule has 1 aliphatic heterocycles. The molecule has 1 fully saturated rings. The number of nitrogens with zero attached hydrogens (tertiary/aromatic N) is 7. The first-order valence-electron chi connectivity index (χ1n) is 29.6. The number of carbonyl (C=O) groups is 11. The number of allylic oxidation sites excluding steroid dienone is 2. The van der Waals surface area contributed by atoms with Gasteiger partial charge in [-0.1, -0.05) is 102 Å². The highest BCUT2D eigenvalue weighted by Gasteiger charge is 2.45. The fraction of sp³-hybridized carbons (Fsp3) is 0.787. The van der Waals surface area contributed by atoms with E-state index in [1.54, 1.807) is 61.5 Å². The molecule has 1 aliphatic rings. The Kier molecular flexibility index (Phi) is 30.4. The number of hydrogen-bond donors (Lipinski definition) is 3. The molecule has 9 amide bonds. The molecule has 0 radical (unpaired) electrons. The maximum absolute atomic E-state index is 15.1. The van der Waals surface area contributed by atoms with Crippen LogP contribution >= 0.6 is 0 Å². The lowest BCUT2D eigenvalue weighted by atomic mass is 9.86. The molecule has 1 rings (SSSR count). The summed E-state index contributed by atoms with van der Waals surface area (Å²) in [6.45, 7) is 27.5. The minimum Gasteiger partial charge on any atom is -0.390 e. The molecule has 21 heteroatoms. The molecule has 1 saturated heterocycles. The molecule has 21 nitrogen and oxygen atoms in total. The van der Waals surface area contributed by atoms with Gasteiger partial charge in [-0.2, -0.15) is 0 Å². The Balaban J connectivity index is 4.23. The average Bonchev–Trinajstić information content (AvgIpc) is 3.40. The summed E-state index contributed by atoms with van der Waals surface area (Å²) in [5, 5.41) is 17.5. The monoisotopic (exact) mass is 1160 g/mol. The molecule has 0 aromatic heterocycles. The number of likely N-dealkylation sites (N-methyl/N-ethyl adjacent to an activating group) is 7. The van der Waals surface area contributed by atoms with Crippen LogP contribution in [0.5, 0.6) is 0 Å². The highest BCUT2D eigenvalue weighted by atomic mass is 16.3. The van der Waals surface area contributed by atoms with Crippen LogP contribution in [0.25, 0.3) is 0 Å². The molecule has 82 heavy (non-hydrogen) atoms. The van der Waals surface area contributed by atoms with Crippen LogP contribution in [0.4, 0.5) is 0 Å². The highest BCUT2D eigenvalue weighted by molar-refractivity contribution is 5.99. The number of Topliss-reactive ketones (excluding diaryl/α,β-unsaturated/α-hetero) is 2. The van der Waals surface area contributed by atoms with Gasteiger partial charge in [0.25, 0.3) is 0 Å². The Morgan fingerprint density at radius 3 is 1.45 bits per heavy atom. The van der Waals surface area contributed by atoms with E-state index in [0.29, 0.717) is 6.42 Å². The van der Waals surface area contributed by atoms with Crippen LogP contribution < -0.4 is 10.6 Å². The van der Waals surface area contributed by atoms with Gasteiger partial charge in [0.1, 0.15) is 36.3 Å². The zero-order chi connectivity index (χ0) is 63.7. The van der Waals surface area contributed by atoms with E-state index in [-0.39, 0.29) is 62.2 Å². The zero-order valence-electron chi connectivity index (χ0n) is 54.2. The van der Waals surface area contributed by atoms with Gasteiger partial charge in [0, 0.05) is 74.0 Å². The third-order valence-electron chi connectivity index (χ3n) is 16.2. The maximum atomic E-state index is 15.1. The van der Waals surface area contributed by atoms with Gasteiger partial charge in [-0.15, -0.1) is 0 Å². The van der Waals surface area contributed by atoms with Crippen molar-refractivity contribution in [3.8, 4) is 0 Å². The molecule has 0 spiro atoms. The fourth-order valence-corrected chi connectivity index (χ4v) is 10.6. The van der Waals surface area contributed by atoms with Gasteiger partial charge in [-0.05, 0) is 88.4 Å². The van der Waals surface area contributed by atoms with E-state index < -0.39 is 149 Å². The van der Waals surface area contributed by atoms with E-state index in [9.17, 15) is 48.3 Å². The van der Waals surface area contributed by atoms with Crippen LogP contribution in [-0.4, -0.2) is 214 Å². The average molecular weight is 1160 g/mol. The van der Waals surface area contributed by atoms with Crippen molar-refractivity contribution >= 4 is 64.7 Å². The summed E-state index contributed by atoms with van der Waals surface area (Å²) in [5.74, 6) is -10.3. The van der Waals surface area contributed by atoms with E-state index in [1.807, 2.05) is 47.6 Å². The number of carbonyl (C=O) groups excluding carboxylic acids is 11. The summed E-state index contributed by atoms with van der Waals surface area (Å²) in [6.07, 6.45) is 2.48. The molecule has 0 aromatic carbocycles. The van der Waals surface area contributed by atoms with Crippen molar-refractivity contribution in [3.05, 3.63) is 12.2 Å². The van der Waals surface area contributed by atoms with Crippen molar-refractivity contribution in [1.82, 2.24) is 44.9 Å². The maximum Gasteiger partial charge on any atom is 0.246 e. The molecule has 0 aromatic rings. The van der Waals surface area contributed by atoms with Gasteiger partial charge in [-0.25, -0.2) is 0 Å². The number of hydrogen-bond acceptors (Lipinski definition) is 12. The van der Waals surface area contributed by atoms with Crippen LogP contribution in [0.15, 0.2) is 12.2 Å². The van der Waals surface area contributed by atoms with Crippen LogP contribution in [-0.2, 0) is 52.7 Å². The normalized spacial score (nSPS) is 27.6. The smallest absolute Gasteiger partial charge is 0.246 e. The predicted octanol–water partition coefficient (Wildman–Crippen LogP) is 4.42. The van der Waals surface area contributed by atoms with Crippen molar-refractivity contribution in [2.75, 3.05) is 55.9 Å². The third kappa shape index (κ3) is 20.3. The van der Waals surface area contributed by atoms with Gasteiger partial charge < -0.3 is 50.0 Å². The van der Waals surface area contributed by atoms with Gasteiger partial charge in [0.2, 0.25) is 53.2 Å². The third-order valence-corrected chi connectivity index (χ3v) is 16.2. The molecule has 0 bridgehead atoms. The molecular formula is C61H107N9O12. The Bertz CT molecular complexity index is 2250. The van der Waals surface area contributed by atoms with Crippen molar-refractivity contribution in [3.63, 3.8) is 0 Å². The minimum absolute atomic E-state index is 0.0372. The molecule has 468 valence electrons. The van der Waals surface area contributed by atoms with Gasteiger partial charge >= 0.3 is 0 Å². The first kappa shape index (κ1) is 74.3. The van der Waals surface area contributed by atoms with Crippen LogP contribution in [0.3, 0.4) is 0 Å². The fourth-order valence-electron chi connectivity index (χ4n) is 10.6. The quantitative estimate of drug-likeness (QED) is 0.217. The lowest BCUT2D eigenvalue weighted by molar-refractivity contribution is -0.157. The molecule has 0 unspecified atom stereocenters. The largest absolute Gasteiger partial charge is 0.390 e. The number of aliphatic hydroxyl groups is 1. The Morgan fingerprint density at radius 2 is 0.988 bits per heavy atom. The topological polar surface area (TPSA) is 255 Å². The summed E-state index contributed by atoms with van der Waals surface area (Å²) < 4.78 is 0. The minimum atomic E-state index is -1.60. The molecule has 1 heterocycles. The molecule has 12 atom stereocenters. The molecular weight excluding hydrogens is 1050 g/mol. The highest BCUT2D eigenvalue weighted by Crippen LogP contribution is 2.27. The predicted molar refractivity (Wildman–Crippen MR) is 317 cm³/mol. The summed E-state index contributed by atoms with van der Waals surface area (Å²) in [7, 11) is 10.0. The standard InChI is InChI=1S/C61H107N9O12/c1-24-26-27-39(13)53(74)52-55(76)63-44(25-2)58(79)64(17)33-50(73)65(18)42(16)48(71)32-43(37(9)10)57(78)66(19)45(28-34(3)4)49(72)31-40(14)54(75)62-41(15)56(77)67(20)46(29-35(5)6)59(80)68(21)47(30-36(7)8)60(81)69(22)51(38(11)12)61(82)70(52)23/h24,26,34-47,51-53,74H,25,27-33H2,1-23H3,(H,62,75)(H,63,76)/b26-24+/t39-,40-,41-,42+,43+,44+,45+,46+,47+,51+,52+,53-/m1/s1. The first-order chi connectivity index (χ1) is 37.8. The van der Waals surface area contributed by atoms with Crippen LogP contribution in [0, 0.1) is 47.3 Å². The zero-order valence-corrected chi connectivity index (χ0v) is 54.2. The van der Waals surface area contributed by atoms with Crippen LogP contribution in [0.1, 0.15) is 156 Å². The van der Waals surface area contributed by atoms with Crippen LogP contribution in [0.2, 0.25) is 0 Å². The summed E-state index contributed by atoms with van der Waals surface area (Å²) >= 11 is 0. The Labute approximate surface area is 491 Å². The number of ketones is 2. The number of rotatable bonds is 13.